The molecule has 1 fully saturated rings. The predicted molar refractivity (Wildman–Crippen MR) is 121 cm³/mol. The lowest BCUT2D eigenvalue weighted by Gasteiger charge is -2.37. The zero-order valence-electron chi connectivity index (χ0n) is 19.1. The molecule has 0 aromatic rings. The fourth-order valence-corrected chi connectivity index (χ4v) is 4.56. The van der Waals surface area contributed by atoms with Gasteiger partial charge in [0.1, 0.15) is 0 Å². The van der Waals surface area contributed by atoms with Crippen LogP contribution in [0.4, 0.5) is 0 Å². The molecule has 0 aliphatic carbocycles. The van der Waals surface area contributed by atoms with E-state index in [9.17, 15) is 9.90 Å². The number of carbonyl (C=O) groups excluding carboxylic acids is 1. The number of hydrogen-bond acceptors (Lipinski definition) is 2. The third-order valence-electron chi connectivity index (χ3n) is 6.42. The van der Waals surface area contributed by atoms with Gasteiger partial charge in [-0.25, -0.2) is 0 Å². The van der Waals surface area contributed by atoms with Gasteiger partial charge in [0, 0.05) is 13.0 Å². The Morgan fingerprint density at radius 2 is 1.29 bits per heavy atom. The summed E-state index contributed by atoms with van der Waals surface area (Å²) in [5.74, 6) is 0.264. The van der Waals surface area contributed by atoms with Crippen LogP contribution in [0.15, 0.2) is 0 Å². The summed E-state index contributed by atoms with van der Waals surface area (Å²) >= 11 is 0. The summed E-state index contributed by atoms with van der Waals surface area (Å²) in [4.78, 5) is 14.4. The van der Waals surface area contributed by atoms with Crippen LogP contribution in [0.2, 0.25) is 0 Å². The zero-order valence-corrected chi connectivity index (χ0v) is 19.1. The van der Waals surface area contributed by atoms with E-state index >= 15 is 0 Å². The number of aliphatic hydroxyl groups is 1. The fraction of sp³-hybridized carbons (Fsp3) is 0.960. The van der Waals surface area contributed by atoms with E-state index in [4.69, 9.17) is 0 Å². The topological polar surface area (TPSA) is 40.5 Å². The number of piperidine rings is 1. The largest absolute Gasteiger partial charge is 0.391 e. The quantitative estimate of drug-likeness (QED) is 0.269. The lowest BCUT2D eigenvalue weighted by molar-refractivity contribution is -0.137. The third-order valence-corrected chi connectivity index (χ3v) is 6.42. The molecule has 2 atom stereocenters. The van der Waals surface area contributed by atoms with E-state index in [0.717, 1.165) is 32.2 Å². The second-order valence-electron chi connectivity index (χ2n) is 9.09. The summed E-state index contributed by atoms with van der Waals surface area (Å²) in [6, 6.07) is 0.0533. The van der Waals surface area contributed by atoms with Crippen molar-refractivity contribution < 1.29 is 9.90 Å². The lowest BCUT2D eigenvalue weighted by Crippen LogP contribution is -2.48. The van der Waals surface area contributed by atoms with Gasteiger partial charge in [0.15, 0.2) is 0 Å². The first kappa shape index (κ1) is 25.5. The van der Waals surface area contributed by atoms with Crippen LogP contribution in [0.25, 0.3) is 0 Å². The van der Waals surface area contributed by atoms with Gasteiger partial charge in [-0.05, 0) is 32.6 Å². The van der Waals surface area contributed by atoms with Gasteiger partial charge in [0.2, 0.25) is 5.91 Å². The maximum absolute atomic E-state index is 12.5. The number of aliphatic hydroxyl groups excluding tert-OH is 1. The molecule has 1 aliphatic rings. The van der Waals surface area contributed by atoms with E-state index in [2.05, 4.69) is 6.92 Å². The molecule has 0 saturated carbocycles. The molecule has 166 valence electrons. The van der Waals surface area contributed by atoms with Crippen molar-refractivity contribution in [3.05, 3.63) is 0 Å². The molecule has 0 aromatic carbocycles. The second-order valence-corrected chi connectivity index (χ2v) is 9.09. The number of rotatable bonds is 17. The minimum absolute atomic E-state index is 0.0533. The molecule has 0 radical (unpaired) electrons. The molecule has 1 saturated heterocycles. The molecule has 1 heterocycles. The maximum Gasteiger partial charge on any atom is 0.222 e. The number of nitrogens with zero attached hydrogens (tertiary/aromatic N) is 1. The van der Waals surface area contributed by atoms with Crippen molar-refractivity contribution in [2.24, 2.45) is 0 Å². The van der Waals surface area contributed by atoms with Crippen molar-refractivity contribution in [2.45, 2.75) is 148 Å². The van der Waals surface area contributed by atoms with Gasteiger partial charge in [-0.2, -0.15) is 0 Å². The first-order valence-electron chi connectivity index (χ1n) is 12.6. The summed E-state index contributed by atoms with van der Waals surface area (Å²) < 4.78 is 0. The number of hydrogen-bond donors (Lipinski definition) is 1. The summed E-state index contributed by atoms with van der Waals surface area (Å²) in [5, 5.41) is 9.91. The van der Waals surface area contributed by atoms with Crippen molar-refractivity contribution in [3.8, 4) is 0 Å². The summed E-state index contributed by atoms with van der Waals surface area (Å²) in [5.41, 5.74) is 0. The molecule has 0 spiro atoms. The van der Waals surface area contributed by atoms with Gasteiger partial charge in [-0.1, -0.05) is 96.8 Å². The van der Waals surface area contributed by atoms with Gasteiger partial charge in [0.05, 0.1) is 12.1 Å². The zero-order chi connectivity index (χ0) is 20.5. The molecule has 0 bridgehead atoms. The molecule has 3 heteroatoms. The van der Waals surface area contributed by atoms with Crippen molar-refractivity contribution in [2.75, 3.05) is 6.54 Å². The van der Waals surface area contributed by atoms with Crippen LogP contribution in [0.1, 0.15) is 136 Å². The normalized spacial score (nSPS) is 18.4. The van der Waals surface area contributed by atoms with Crippen LogP contribution in [0.5, 0.6) is 0 Å². The molecule has 3 nitrogen and oxygen atoms in total. The van der Waals surface area contributed by atoms with Crippen LogP contribution >= 0.6 is 0 Å². The SMILES string of the molecule is CCCCCCCCCCCCCCCCCC(=O)N1CCCCC1C(C)O. The van der Waals surface area contributed by atoms with Gasteiger partial charge in [0.25, 0.3) is 0 Å². The smallest absolute Gasteiger partial charge is 0.222 e. The molecule has 1 amide bonds. The van der Waals surface area contributed by atoms with Crippen LogP contribution < -0.4 is 0 Å². The van der Waals surface area contributed by atoms with Gasteiger partial charge in [-0.15, -0.1) is 0 Å². The Kier molecular flexibility index (Phi) is 15.7. The van der Waals surface area contributed by atoms with Crippen LogP contribution in [0.3, 0.4) is 0 Å². The Hall–Kier alpha value is -0.570. The molecule has 1 N–H and O–H groups in total. The maximum atomic E-state index is 12.5. The minimum Gasteiger partial charge on any atom is -0.391 e. The first-order chi connectivity index (χ1) is 13.7. The number of carbonyl (C=O) groups is 1. The van der Waals surface area contributed by atoms with Gasteiger partial charge < -0.3 is 10.0 Å². The highest BCUT2D eigenvalue weighted by atomic mass is 16.3. The summed E-state index contributed by atoms with van der Waals surface area (Å²) in [7, 11) is 0. The predicted octanol–water partition coefficient (Wildman–Crippen LogP) is 7.01. The van der Waals surface area contributed by atoms with Crippen molar-refractivity contribution >= 4 is 5.91 Å². The third kappa shape index (κ3) is 12.1. The molecule has 0 aromatic heterocycles. The highest BCUT2D eigenvalue weighted by Gasteiger charge is 2.29. The van der Waals surface area contributed by atoms with E-state index in [-0.39, 0.29) is 11.9 Å². The lowest BCUT2D eigenvalue weighted by atomic mass is 9.97. The van der Waals surface area contributed by atoms with Crippen molar-refractivity contribution in [1.29, 1.82) is 0 Å². The molecule has 28 heavy (non-hydrogen) atoms. The Morgan fingerprint density at radius 3 is 1.75 bits per heavy atom. The number of likely N-dealkylation sites (tertiary alicyclic amines) is 1. The fourth-order valence-electron chi connectivity index (χ4n) is 4.56. The summed E-state index contributed by atoms with van der Waals surface area (Å²) in [6.07, 6.45) is 23.7. The van der Waals surface area contributed by atoms with E-state index in [0.29, 0.717) is 6.42 Å². The molecular formula is C25H49NO2. The minimum atomic E-state index is -0.398. The Bertz CT molecular complexity index is 370. The highest BCUT2D eigenvalue weighted by Crippen LogP contribution is 2.21. The molecular weight excluding hydrogens is 346 g/mol. The van der Waals surface area contributed by atoms with E-state index in [1.807, 2.05) is 11.8 Å². The van der Waals surface area contributed by atoms with Crippen LogP contribution in [0, 0.1) is 0 Å². The average Bonchev–Trinajstić information content (AvgIpc) is 2.70. The van der Waals surface area contributed by atoms with Crippen LogP contribution in [-0.4, -0.2) is 34.6 Å². The highest BCUT2D eigenvalue weighted by molar-refractivity contribution is 5.76. The Morgan fingerprint density at radius 1 is 0.821 bits per heavy atom. The first-order valence-corrected chi connectivity index (χ1v) is 12.6. The van der Waals surface area contributed by atoms with Crippen molar-refractivity contribution in [1.82, 2.24) is 4.90 Å². The molecule has 1 aliphatic heterocycles. The van der Waals surface area contributed by atoms with Crippen molar-refractivity contribution in [3.63, 3.8) is 0 Å². The van der Waals surface area contributed by atoms with E-state index in [1.54, 1.807) is 0 Å². The molecule has 2 unspecified atom stereocenters. The number of unbranched alkanes of at least 4 members (excludes halogenated alkanes) is 14. The average molecular weight is 396 g/mol. The Balaban J connectivity index is 1.88. The second kappa shape index (κ2) is 17.3. The van der Waals surface area contributed by atoms with Crippen LogP contribution in [-0.2, 0) is 4.79 Å². The standard InChI is InChI=1S/C25H49NO2/c1-3-4-5-6-7-8-9-10-11-12-13-14-15-16-17-21-25(28)26-22-19-18-20-24(26)23(2)27/h23-24,27H,3-22H2,1-2H3. The van der Waals surface area contributed by atoms with E-state index in [1.165, 1.54) is 89.9 Å². The van der Waals surface area contributed by atoms with Gasteiger partial charge in [-0.3, -0.25) is 4.79 Å². The molecule has 1 rings (SSSR count). The number of amides is 1. The Labute approximate surface area is 175 Å². The van der Waals surface area contributed by atoms with E-state index < -0.39 is 6.10 Å². The van der Waals surface area contributed by atoms with Gasteiger partial charge >= 0.3 is 0 Å². The monoisotopic (exact) mass is 395 g/mol. The summed E-state index contributed by atoms with van der Waals surface area (Å²) in [6.45, 7) is 4.94.